The molecule has 0 aliphatic carbocycles. The standard InChI is InChI=1S/C18H20Cl2O5/c19-13-5-1-11(2-6-13)9-15(21)17(23)25-18(24)16(22)10-12-3-7-14(20)8-4-12/h1-8,15-18,21-24H,9-10H2. The van der Waals surface area contributed by atoms with Crippen LogP contribution in [-0.2, 0) is 17.6 Å². The predicted molar refractivity (Wildman–Crippen MR) is 95.4 cm³/mol. The average molecular weight is 387 g/mol. The zero-order valence-corrected chi connectivity index (χ0v) is 14.8. The number of aliphatic hydroxyl groups is 4. The van der Waals surface area contributed by atoms with Gasteiger partial charge in [-0.15, -0.1) is 0 Å². The number of aliphatic hydroxyl groups excluding tert-OH is 4. The number of ether oxygens (including phenoxy) is 1. The molecule has 2 aromatic rings. The number of hydrogen-bond donors (Lipinski definition) is 4. The van der Waals surface area contributed by atoms with Crippen LogP contribution in [0.25, 0.3) is 0 Å². The van der Waals surface area contributed by atoms with E-state index < -0.39 is 24.8 Å². The molecule has 25 heavy (non-hydrogen) atoms. The van der Waals surface area contributed by atoms with Gasteiger partial charge in [0, 0.05) is 22.9 Å². The molecular weight excluding hydrogens is 367 g/mol. The minimum atomic E-state index is -1.65. The SMILES string of the molecule is OC(Cc1ccc(Cl)cc1)C(O)OC(O)C(O)Cc1ccc(Cl)cc1. The lowest BCUT2D eigenvalue weighted by atomic mass is 10.1. The van der Waals surface area contributed by atoms with Crippen LogP contribution in [0.15, 0.2) is 48.5 Å². The fraction of sp³-hybridized carbons (Fsp3) is 0.333. The zero-order valence-electron chi connectivity index (χ0n) is 13.3. The Bertz CT molecular complexity index is 590. The summed E-state index contributed by atoms with van der Waals surface area (Å²) in [6.07, 6.45) is -5.61. The van der Waals surface area contributed by atoms with E-state index in [2.05, 4.69) is 0 Å². The zero-order chi connectivity index (χ0) is 18.4. The molecule has 0 aliphatic rings. The lowest BCUT2D eigenvalue weighted by Crippen LogP contribution is -2.39. The Hall–Kier alpha value is -1.18. The highest BCUT2D eigenvalue weighted by Gasteiger charge is 2.25. The van der Waals surface area contributed by atoms with Crippen LogP contribution in [0.4, 0.5) is 0 Å². The summed E-state index contributed by atoms with van der Waals surface area (Å²) in [5.74, 6) is 0. The minimum Gasteiger partial charge on any atom is -0.387 e. The predicted octanol–water partition coefficient (Wildman–Crippen LogP) is 2.15. The summed E-state index contributed by atoms with van der Waals surface area (Å²) >= 11 is 11.6. The second kappa shape index (κ2) is 9.50. The van der Waals surface area contributed by atoms with Crippen molar-refractivity contribution < 1.29 is 25.2 Å². The first-order valence-electron chi connectivity index (χ1n) is 7.72. The van der Waals surface area contributed by atoms with Gasteiger partial charge in [-0.25, -0.2) is 0 Å². The van der Waals surface area contributed by atoms with Gasteiger partial charge in [0.15, 0.2) is 12.6 Å². The van der Waals surface area contributed by atoms with Gasteiger partial charge in [0.05, 0.1) is 0 Å². The summed E-state index contributed by atoms with van der Waals surface area (Å²) in [5, 5.41) is 40.8. The molecule has 0 bridgehead atoms. The number of halogens is 2. The maximum atomic E-state index is 9.98. The normalized spacial score (nSPS) is 16.2. The molecule has 7 heteroatoms. The molecule has 0 amide bonds. The monoisotopic (exact) mass is 386 g/mol. The molecule has 0 saturated carbocycles. The third-order valence-electron chi connectivity index (χ3n) is 3.65. The van der Waals surface area contributed by atoms with Crippen molar-refractivity contribution >= 4 is 23.2 Å². The van der Waals surface area contributed by atoms with Gasteiger partial charge in [0.2, 0.25) is 0 Å². The summed E-state index contributed by atoms with van der Waals surface area (Å²) in [5.41, 5.74) is 1.49. The lowest BCUT2D eigenvalue weighted by molar-refractivity contribution is -0.265. The summed E-state index contributed by atoms with van der Waals surface area (Å²) in [4.78, 5) is 0. The first-order chi connectivity index (χ1) is 11.8. The van der Waals surface area contributed by atoms with Crippen molar-refractivity contribution in [3.8, 4) is 0 Å². The van der Waals surface area contributed by atoms with Crippen molar-refractivity contribution in [3.05, 3.63) is 69.7 Å². The van der Waals surface area contributed by atoms with Gasteiger partial charge in [-0.3, -0.25) is 0 Å². The van der Waals surface area contributed by atoms with E-state index in [1.807, 2.05) is 0 Å². The van der Waals surface area contributed by atoms with Crippen LogP contribution in [0.1, 0.15) is 11.1 Å². The number of benzene rings is 2. The van der Waals surface area contributed by atoms with Crippen molar-refractivity contribution in [1.82, 2.24) is 0 Å². The topological polar surface area (TPSA) is 90.2 Å². The van der Waals surface area contributed by atoms with Gasteiger partial charge in [0.1, 0.15) is 12.2 Å². The van der Waals surface area contributed by atoms with E-state index in [4.69, 9.17) is 27.9 Å². The fourth-order valence-electron chi connectivity index (χ4n) is 2.25. The molecule has 0 heterocycles. The Morgan fingerprint density at radius 2 is 0.960 bits per heavy atom. The molecule has 0 spiro atoms. The van der Waals surface area contributed by atoms with Crippen molar-refractivity contribution in [1.29, 1.82) is 0 Å². The second-order valence-electron chi connectivity index (χ2n) is 5.71. The summed E-state index contributed by atoms with van der Waals surface area (Å²) in [6, 6.07) is 13.5. The van der Waals surface area contributed by atoms with E-state index >= 15 is 0 Å². The van der Waals surface area contributed by atoms with Crippen LogP contribution < -0.4 is 0 Å². The highest BCUT2D eigenvalue weighted by Crippen LogP contribution is 2.15. The molecular formula is C18H20Cl2O5. The average Bonchev–Trinajstić information content (AvgIpc) is 2.58. The molecule has 2 rings (SSSR count). The smallest absolute Gasteiger partial charge is 0.184 e. The maximum Gasteiger partial charge on any atom is 0.184 e. The van der Waals surface area contributed by atoms with Gasteiger partial charge >= 0.3 is 0 Å². The van der Waals surface area contributed by atoms with Crippen LogP contribution in [-0.4, -0.2) is 45.2 Å². The Kier molecular flexibility index (Phi) is 7.65. The summed E-state index contributed by atoms with van der Waals surface area (Å²) in [6.45, 7) is 0. The van der Waals surface area contributed by atoms with Gasteiger partial charge in [-0.05, 0) is 35.4 Å². The molecule has 0 saturated heterocycles. The van der Waals surface area contributed by atoms with E-state index in [1.54, 1.807) is 48.5 Å². The minimum absolute atomic E-state index is 0.109. The lowest BCUT2D eigenvalue weighted by Gasteiger charge is -2.24. The first kappa shape index (κ1) is 20.1. The molecule has 4 N–H and O–H groups in total. The van der Waals surface area contributed by atoms with E-state index in [0.717, 1.165) is 11.1 Å². The van der Waals surface area contributed by atoms with E-state index in [-0.39, 0.29) is 12.8 Å². The largest absolute Gasteiger partial charge is 0.387 e. The summed E-state index contributed by atoms with van der Waals surface area (Å²) < 4.78 is 4.92. The third kappa shape index (κ3) is 6.56. The van der Waals surface area contributed by atoms with E-state index in [9.17, 15) is 20.4 Å². The Morgan fingerprint density at radius 1 is 0.640 bits per heavy atom. The Balaban J connectivity index is 1.84. The van der Waals surface area contributed by atoms with Crippen molar-refractivity contribution in [2.75, 3.05) is 0 Å². The van der Waals surface area contributed by atoms with Crippen molar-refractivity contribution in [3.63, 3.8) is 0 Å². The Labute approximate surface area is 156 Å². The molecule has 0 aromatic heterocycles. The molecule has 2 aromatic carbocycles. The third-order valence-corrected chi connectivity index (χ3v) is 4.16. The van der Waals surface area contributed by atoms with Gasteiger partial charge in [0.25, 0.3) is 0 Å². The molecule has 0 fully saturated rings. The van der Waals surface area contributed by atoms with Crippen LogP contribution in [0.2, 0.25) is 10.0 Å². The maximum absolute atomic E-state index is 9.98. The molecule has 4 unspecified atom stereocenters. The van der Waals surface area contributed by atoms with Crippen molar-refractivity contribution in [2.24, 2.45) is 0 Å². The van der Waals surface area contributed by atoms with Gasteiger partial charge < -0.3 is 25.2 Å². The Morgan fingerprint density at radius 3 is 1.28 bits per heavy atom. The summed E-state index contributed by atoms with van der Waals surface area (Å²) in [7, 11) is 0. The molecule has 136 valence electrons. The van der Waals surface area contributed by atoms with Crippen LogP contribution in [0.5, 0.6) is 0 Å². The van der Waals surface area contributed by atoms with Crippen LogP contribution >= 0.6 is 23.2 Å². The fourth-order valence-corrected chi connectivity index (χ4v) is 2.50. The highest BCUT2D eigenvalue weighted by molar-refractivity contribution is 6.30. The van der Waals surface area contributed by atoms with Crippen molar-refractivity contribution in [2.45, 2.75) is 37.6 Å². The molecule has 5 nitrogen and oxygen atoms in total. The van der Waals surface area contributed by atoms with Crippen LogP contribution in [0, 0.1) is 0 Å². The molecule has 4 atom stereocenters. The quantitative estimate of drug-likeness (QED) is 0.522. The van der Waals surface area contributed by atoms with E-state index in [0.29, 0.717) is 10.0 Å². The highest BCUT2D eigenvalue weighted by atomic mass is 35.5. The molecule has 0 radical (unpaired) electrons. The van der Waals surface area contributed by atoms with Crippen LogP contribution in [0.3, 0.4) is 0 Å². The van der Waals surface area contributed by atoms with Gasteiger partial charge in [-0.2, -0.15) is 0 Å². The van der Waals surface area contributed by atoms with E-state index in [1.165, 1.54) is 0 Å². The second-order valence-corrected chi connectivity index (χ2v) is 6.59. The number of hydrogen-bond acceptors (Lipinski definition) is 5. The molecule has 0 aliphatic heterocycles. The van der Waals surface area contributed by atoms with Gasteiger partial charge in [-0.1, -0.05) is 47.5 Å². The number of rotatable bonds is 8. The first-order valence-corrected chi connectivity index (χ1v) is 8.47.